The number of hydrogen-bond donors (Lipinski definition) is 2. The highest BCUT2D eigenvalue weighted by Crippen LogP contribution is 2.27. The Morgan fingerprint density at radius 2 is 1.88 bits per heavy atom. The number of amides is 1. The molecule has 0 aliphatic rings. The molecule has 0 atom stereocenters. The monoisotopic (exact) mass is 361 g/mol. The standard InChI is InChI=1S/C17H13Cl2N3O2/c1-24-16-7-6-12(8-13(16)19)20-17(23)15-9-14(21-22-15)10-2-4-11(18)5-3-10/h2-9H,1H3,(H,20,23)(H,21,22). The fourth-order valence-corrected chi connectivity index (χ4v) is 2.53. The van der Waals surface area contributed by atoms with Crippen LogP contribution in [0.25, 0.3) is 11.3 Å². The van der Waals surface area contributed by atoms with Gasteiger partial charge in [-0.3, -0.25) is 9.89 Å². The molecule has 3 rings (SSSR count). The Morgan fingerprint density at radius 3 is 2.54 bits per heavy atom. The number of halogens is 2. The third kappa shape index (κ3) is 3.53. The molecule has 0 aliphatic carbocycles. The smallest absolute Gasteiger partial charge is 0.273 e. The second-order valence-corrected chi connectivity index (χ2v) is 5.82. The first-order chi connectivity index (χ1) is 11.6. The zero-order valence-corrected chi connectivity index (χ0v) is 14.2. The van der Waals surface area contributed by atoms with Crippen molar-refractivity contribution in [1.29, 1.82) is 0 Å². The van der Waals surface area contributed by atoms with Gasteiger partial charge in [-0.15, -0.1) is 0 Å². The Kier molecular flexibility index (Phi) is 4.74. The minimum atomic E-state index is -0.316. The van der Waals surface area contributed by atoms with E-state index < -0.39 is 0 Å². The van der Waals surface area contributed by atoms with E-state index in [-0.39, 0.29) is 5.91 Å². The summed E-state index contributed by atoms with van der Waals surface area (Å²) in [6, 6.07) is 13.9. The van der Waals surface area contributed by atoms with E-state index in [0.29, 0.717) is 32.9 Å². The quantitative estimate of drug-likeness (QED) is 0.710. The third-order valence-electron chi connectivity index (χ3n) is 3.37. The van der Waals surface area contributed by atoms with E-state index >= 15 is 0 Å². The van der Waals surface area contributed by atoms with E-state index in [2.05, 4.69) is 15.5 Å². The number of aromatic nitrogens is 2. The van der Waals surface area contributed by atoms with E-state index in [9.17, 15) is 4.79 Å². The topological polar surface area (TPSA) is 67.0 Å². The fraction of sp³-hybridized carbons (Fsp3) is 0.0588. The molecule has 1 heterocycles. The van der Waals surface area contributed by atoms with Gasteiger partial charge in [0, 0.05) is 16.3 Å². The largest absolute Gasteiger partial charge is 0.495 e. The molecule has 7 heteroatoms. The van der Waals surface area contributed by atoms with E-state index in [1.165, 1.54) is 7.11 Å². The summed E-state index contributed by atoms with van der Waals surface area (Å²) in [5.74, 6) is 0.227. The normalized spacial score (nSPS) is 10.5. The molecule has 0 saturated carbocycles. The highest BCUT2D eigenvalue weighted by molar-refractivity contribution is 6.32. The number of carbonyl (C=O) groups is 1. The number of nitrogens with zero attached hydrogens (tertiary/aromatic N) is 1. The SMILES string of the molecule is COc1ccc(NC(=O)c2cc(-c3ccc(Cl)cc3)n[nH]2)cc1Cl. The van der Waals surface area contributed by atoms with Gasteiger partial charge in [0.05, 0.1) is 17.8 Å². The summed E-state index contributed by atoms with van der Waals surface area (Å²) in [6.45, 7) is 0. The van der Waals surface area contributed by atoms with Gasteiger partial charge in [-0.1, -0.05) is 35.3 Å². The van der Waals surface area contributed by atoms with Crippen molar-refractivity contribution in [3.63, 3.8) is 0 Å². The number of rotatable bonds is 4. The second kappa shape index (κ2) is 6.95. The first-order valence-corrected chi connectivity index (χ1v) is 7.78. The Hall–Kier alpha value is -2.50. The molecule has 0 spiro atoms. The summed E-state index contributed by atoms with van der Waals surface area (Å²) in [6.07, 6.45) is 0. The lowest BCUT2D eigenvalue weighted by molar-refractivity contribution is 0.102. The maximum absolute atomic E-state index is 12.3. The zero-order chi connectivity index (χ0) is 17.1. The van der Waals surface area contributed by atoms with E-state index in [4.69, 9.17) is 27.9 Å². The van der Waals surface area contributed by atoms with Gasteiger partial charge >= 0.3 is 0 Å². The number of ether oxygens (including phenoxy) is 1. The summed E-state index contributed by atoms with van der Waals surface area (Å²) >= 11 is 11.9. The van der Waals surface area contributed by atoms with Crippen molar-refractivity contribution in [1.82, 2.24) is 10.2 Å². The molecular formula is C17H13Cl2N3O2. The Morgan fingerprint density at radius 1 is 1.12 bits per heavy atom. The van der Waals surface area contributed by atoms with Crippen molar-refractivity contribution in [2.45, 2.75) is 0 Å². The summed E-state index contributed by atoms with van der Waals surface area (Å²) in [7, 11) is 1.53. The molecule has 1 amide bonds. The van der Waals surface area contributed by atoms with Crippen molar-refractivity contribution in [2.24, 2.45) is 0 Å². The summed E-state index contributed by atoms with van der Waals surface area (Å²) < 4.78 is 5.08. The summed E-state index contributed by atoms with van der Waals surface area (Å²) in [5, 5.41) is 10.7. The predicted molar refractivity (Wildman–Crippen MR) is 95.0 cm³/mol. The van der Waals surface area contributed by atoms with Crippen molar-refractivity contribution in [3.05, 3.63) is 64.3 Å². The lowest BCUT2D eigenvalue weighted by atomic mass is 10.1. The average Bonchev–Trinajstić information content (AvgIpc) is 3.06. The van der Waals surface area contributed by atoms with Gasteiger partial charge in [0.2, 0.25) is 0 Å². The molecule has 2 aromatic carbocycles. The van der Waals surface area contributed by atoms with Crippen LogP contribution in [0.2, 0.25) is 10.0 Å². The van der Waals surface area contributed by atoms with Gasteiger partial charge in [-0.05, 0) is 36.4 Å². The van der Waals surface area contributed by atoms with E-state index in [1.807, 2.05) is 12.1 Å². The summed E-state index contributed by atoms with van der Waals surface area (Å²) in [5.41, 5.74) is 2.42. The predicted octanol–water partition coefficient (Wildman–Crippen LogP) is 4.64. The molecule has 5 nitrogen and oxygen atoms in total. The highest BCUT2D eigenvalue weighted by Gasteiger charge is 2.12. The number of nitrogens with one attached hydrogen (secondary N) is 2. The van der Waals surface area contributed by atoms with Crippen LogP contribution >= 0.6 is 23.2 Å². The number of benzene rings is 2. The molecule has 0 bridgehead atoms. The van der Waals surface area contributed by atoms with Gasteiger partial charge in [0.1, 0.15) is 11.4 Å². The number of anilines is 1. The Labute approximate surface area is 148 Å². The minimum absolute atomic E-state index is 0.316. The lowest BCUT2D eigenvalue weighted by Gasteiger charge is -2.07. The molecule has 24 heavy (non-hydrogen) atoms. The van der Waals surface area contributed by atoms with Crippen LogP contribution in [0.4, 0.5) is 5.69 Å². The molecule has 2 N–H and O–H groups in total. The van der Waals surface area contributed by atoms with Gasteiger partial charge in [0.15, 0.2) is 0 Å². The number of carbonyl (C=O) groups excluding carboxylic acids is 1. The molecule has 0 fully saturated rings. The first kappa shape index (κ1) is 16.4. The first-order valence-electron chi connectivity index (χ1n) is 7.03. The van der Waals surface area contributed by atoms with E-state index in [1.54, 1.807) is 36.4 Å². The average molecular weight is 362 g/mol. The van der Waals surface area contributed by atoms with Crippen LogP contribution in [0.5, 0.6) is 5.75 Å². The lowest BCUT2D eigenvalue weighted by Crippen LogP contribution is -2.12. The van der Waals surface area contributed by atoms with Crippen LogP contribution in [0.15, 0.2) is 48.5 Å². The maximum Gasteiger partial charge on any atom is 0.273 e. The Bertz CT molecular complexity index is 876. The fourth-order valence-electron chi connectivity index (χ4n) is 2.15. The van der Waals surface area contributed by atoms with Crippen LogP contribution < -0.4 is 10.1 Å². The van der Waals surface area contributed by atoms with Crippen LogP contribution in [-0.4, -0.2) is 23.2 Å². The second-order valence-electron chi connectivity index (χ2n) is 4.98. The third-order valence-corrected chi connectivity index (χ3v) is 3.92. The number of H-pyrrole nitrogens is 1. The van der Waals surface area contributed by atoms with Crippen molar-refractivity contribution >= 4 is 34.8 Å². The maximum atomic E-state index is 12.3. The number of hydrogen-bond acceptors (Lipinski definition) is 3. The van der Waals surface area contributed by atoms with Gasteiger partial charge in [-0.25, -0.2) is 0 Å². The van der Waals surface area contributed by atoms with Crippen molar-refractivity contribution in [3.8, 4) is 17.0 Å². The van der Waals surface area contributed by atoms with Crippen molar-refractivity contribution in [2.75, 3.05) is 12.4 Å². The number of aromatic amines is 1. The Balaban J connectivity index is 1.76. The van der Waals surface area contributed by atoms with Crippen LogP contribution in [0, 0.1) is 0 Å². The van der Waals surface area contributed by atoms with Crippen LogP contribution in [0.3, 0.4) is 0 Å². The molecule has 3 aromatic rings. The summed E-state index contributed by atoms with van der Waals surface area (Å²) in [4.78, 5) is 12.3. The van der Waals surface area contributed by atoms with Crippen molar-refractivity contribution < 1.29 is 9.53 Å². The van der Waals surface area contributed by atoms with Crippen LogP contribution in [-0.2, 0) is 0 Å². The zero-order valence-electron chi connectivity index (χ0n) is 12.6. The van der Waals surface area contributed by atoms with Crippen LogP contribution in [0.1, 0.15) is 10.5 Å². The van der Waals surface area contributed by atoms with E-state index in [0.717, 1.165) is 5.56 Å². The molecule has 0 radical (unpaired) electrons. The van der Waals surface area contributed by atoms with Gasteiger partial charge in [-0.2, -0.15) is 5.10 Å². The molecule has 0 unspecified atom stereocenters. The highest BCUT2D eigenvalue weighted by atomic mass is 35.5. The molecule has 0 saturated heterocycles. The van der Waals surface area contributed by atoms with Gasteiger partial charge < -0.3 is 10.1 Å². The molecule has 0 aliphatic heterocycles. The van der Waals surface area contributed by atoms with Gasteiger partial charge in [0.25, 0.3) is 5.91 Å². The molecular weight excluding hydrogens is 349 g/mol. The minimum Gasteiger partial charge on any atom is -0.495 e. The molecule has 122 valence electrons. The number of methoxy groups -OCH3 is 1. The molecule has 1 aromatic heterocycles.